The van der Waals surface area contributed by atoms with Crippen molar-refractivity contribution in [3.05, 3.63) is 48.1 Å². The van der Waals surface area contributed by atoms with Gasteiger partial charge in [-0.1, -0.05) is 38.1 Å². The third-order valence-corrected chi connectivity index (χ3v) is 6.23. The van der Waals surface area contributed by atoms with Crippen LogP contribution in [-0.4, -0.2) is 62.3 Å². The Kier molecular flexibility index (Phi) is 9.77. The molecule has 0 spiro atoms. The van der Waals surface area contributed by atoms with Gasteiger partial charge in [-0.3, -0.25) is 4.79 Å². The van der Waals surface area contributed by atoms with Gasteiger partial charge in [-0.15, -0.1) is 0 Å². The molecule has 0 heterocycles. The molecule has 29 heavy (non-hydrogen) atoms. The second kappa shape index (κ2) is 11.5. The molecule has 0 atom stereocenters. The summed E-state index contributed by atoms with van der Waals surface area (Å²) in [4.78, 5) is 25.6. The van der Waals surface area contributed by atoms with E-state index in [4.69, 9.17) is 4.74 Å². The van der Waals surface area contributed by atoms with E-state index in [2.05, 4.69) is 6.58 Å². The number of benzene rings is 1. The fourth-order valence-corrected chi connectivity index (χ4v) is 4.06. The molecule has 0 fully saturated rings. The molecule has 0 aliphatic heterocycles. The van der Waals surface area contributed by atoms with E-state index >= 15 is 0 Å². The molecule has 0 N–H and O–H groups in total. The maximum absolute atomic E-state index is 12.5. The Morgan fingerprint density at radius 3 is 2.14 bits per heavy atom. The minimum atomic E-state index is -3.52. The highest BCUT2D eigenvalue weighted by Gasteiger charge is 2.21. The van der Waals surface area contributed by atoms with Crippen LogP contribution in [0.2, 0.25) is 0 Å². The molecule has 160 valence electrons. The van der Waals surface area contributed by atoms with E-state index in [0.717, 1.165) is 5.57 Å². The quantitative estimate of drug-likeness (QED) is 0.311. The zero-order valence-electron chi connectivity index (χ0n) is 17.6. The molecule has 0 unspecified atom stereocenters. The summed E-state index contributed by atoms with van der Waals surface area (Å²) < 4.78 is 31.3. The number of amides is 1. The number of likely N-dealkylation sites (N-methyl/N-ethyl adjacent to an activating group) is 1. The Morgan fingerprint density at radius 1 is 1.07 bits per heavy atom. The summed E-state index contributed by atoms with van der Waals surface area (Å²) >= 11 is 0. The lowest BCUT2D eigenvalue weighted by molar-refractivity contribution is -0.147. The highest BCUT2D eigenvalue weighted by Crippen LogP contribution is 2.16. The van der Waals surface area contributed by atoms with Crippen molar-refractivity contribution in [2.45, 2.75) is 32.6 Å². The minimum Gasteiger partial charge on any atom is -0.452 e. The topological polar surface area (TPSA) is 84.0 Å². The fraction of sp³-hybridized carbons (Fsp3) is 0.429. The number of carbonyl (C=O) groups is 2. The van der Waals surface area contributed by atoms with Gasteiger partial charge in [0.1, 0.15) is 0 Å². The van der Waals surface area contributed by atoms with E-state index in [1.807, 2.05) is 13.8 Å². The number of sulfonamides is 1. The van der Waals surface area contributed by atoms with Gasteiger partial charge in [0.15, 0.2) is 6.61 Å². The number of esters is 1. The van der Waals surface area contributed by atoms with E-state index in [9.17, 15) is 18.0 Å². The molecule has 1 aromatic carbocycles. The molecule has 0 aliphatic rings. The van der Waals surface area contributed by atoms with Crippen molar-refractivity contribution < 1.29 is 22.7 Å². The van der Waals surface area contributed by atoms with E-state index in [0.29, 0.717) is 31.7 Å². The van der Waals surface area contributed by atoms with Crippen LogP contribution in [0.4, 0.5) is 0 Å². The Hall–Kier alpha value is -2.45. The molecule has 8 heteroatoms. The minimum absolute atomic E-state index is 0.198. The number of rotatable bonds is 11. The Morgan fingerprint density at radius 2 is 1.66 bits per heavy atom. The van der Waals surface area contributed by atoms with Crippen LogP contribution in [0.5, 0.6) is 0 Å². The van der Waals surface area contributed by atoms with Gasteiger partial charge in [0.25, 0.3) is 5.91 Å². The van der Waals surface area contributed by atoms with Gasteiger partial charge in [-0.25, -0.2) is 13.2 Å². The fourth-order valence-electron chi connectivity index (χ4n) is 2.60. The zero-order valence-corrected chi connectivity index (χ0v) is 18.4. The average molecular weight is 423 g/mol. The van der Waals surface area contributed by atoms with Crippen LogP contribution in [0.15, 0.2) is 47.4 Å². The van der Waals surface area contributed by atoms with Gasteiger partial charge in [0.05, 0.1) is 4.90 Å². The molecular weight excluding hydrogens is 392 g/mol. The first-order chi connectivity index (χ1) is 13.6. The molecule has 0 radical (unpaired) electrons. The molecule has 0 aromatic heterocycles. The van der Waals surface area contributed by atoms with E-state index in [-0.39, 0.29) is 17.4 Å². The monoisotopic (exact) mass is 422 g/mol. The maximum Gasteiger partial charge on any atom is 0.331 e. The summed E-state index contributed by atoms with van der Waals surface area (Å²) in [5.74, 6) is -0.937. The van der Waals surface area contributed by atoms with Crippen molar-refractivity contribution >= 4 is 28.0 Å². The lowest BCUT2D eigenvalue weighted by Gasteiger charge is -2.20. The van der Waals surface area contributed by atoms with Crippen LogP contribution >= 0.6 is 0 Å². The smallest absolute Gasteiger partial charge is 0.331 e. The van der Waals surface area contributed by atoms with Crippen LogP contribution in [-0.2, 0) is 24.3 Å². The van der Waals surface area contributed by atoms with E-state index < -0.39 is 16.0 Å². The first-order valence-electron chi connectivity index (χ1n) is 9.52. The second-order valence-electron chi connectivity index (χ2n) is 6.46. The normalized spacial score (nSPS) is 11.6. The molecular formula is C21H30N2O5S. The van der Waals surface area contributed by atoms with Crippen LogP contribution in [0.1, 0.15) is 33.3 Å². The van der Waals surface area contributed by atoms with Gasteiger partial charge in [-0.05, 0) is 37.6 Å². The van der Waals surface area contributed by atoms with Crippen LogP contribution < -0.4 is 0 Å². The Bertz CT molecular complexity index is 840. The van der Waals surface area contributed by atoms with Crippen molar-refractivity contribution in [1.29, 1.82) is 0 Å². The van der Waals surface area contributed by atoms with Crippen molar-refractivity contribution in [3.8, 4) is 0 Å². The highest BCUT2D eigenvalue weighted by molar-refractivity contribution is 7.89. The SMILES string of the molecule is C=C(C)CN(CC)C(=O)COC(=O)/C=C/c1ccc(S(=O)(=O)N(CC)CC)cc1. The van der Waals surface area contributed by atoms with Crippen molar-refractivity contribution in [2.24, 2.45) is 0 Å². The maximum atomic E-state index is 12.5. The summed E-state index contributed by atoms with van der Waals surface area (Å²) in [6.45, 7) is 12.4. The summed E-state index contributed by atoms with van der Waals surface area (Å²) in [5, 5.41) is 0. The summed E-state index contributed by atoms with van der Waals surface area (Å²) in [6, 6.07) is 6.21. The van der Waals surface area contributed by atoms with E-state index in [1.165, 1.54) is 28.6 Å². The summed E-state index contributed by atoms with van der Waals surface area (Å²) in [5.41, 5.74) is 1.49. The van der Waals surface area contributed by atoms with Gasteiger partial charge in [0.2, 0.25) is 10.0 Å². The van der Waals surface area contributed by atoms with Crippen molar-refractivity contribution in [1.82, 2.24) is 9.21 Å². The van der Waals surface area contributed by atoms with E-state index in [1.54, 1.807) is 30.9 Å². The lowest BCUT2D eigenvalue weighted by atomic mass is 10.2. The summed E-state index contributed by atoms with van der Waals surface area (Å²) in [7, 11) is -3.52. The van der Waals surface area contributed by atoms with Crippen molar-refractivity contribution in [2.75, 3.05) is 32.8 Å². The number of hydrogen-bond donors (Lipinski definition) is 0. The average Bonchev–Trinajstić information content (AvgIpc) is 2.69. The first-order valence-corrected chi connectivity index (χ1v) is 11.0. The molecule has 0 bridgehead atoms. The number of nitrogens with zero attached hydrogens (tertiary/aromatic N) is 2. The summed E-state index contributed by atoms with van der Waals surface area (Å²) in [6.07, 6.45) is 2.71. The number of carbonyl (C=O) groups excluding carboxylic acids is 2. The van der Waals surface area contributed by atoms with Gasteiger partial charge in [-0.2, -0.15) is 4.31 Å². The predicted molar refractivity (Wildman–Crippen MR) is 114 cm³/mol. The highest BCUT2D eigenvalue weighted by atomic mass is 32.2. The van der Waals surface area contributed by atoms with Crippen LogP contribution in [0.3, 0.4) is 0 Å². The molecule has 1 amide bonds. The van der Waals surface area contributed by atoms with Crippen molar-refractivity contribution in [3.63, 3.8) is 0 Å². The molecule has 0 saturated heterocycles. The Balaban J connectivity index is 2.68. The van der Waals surface area contributed by atoms with Gasteiger partial charge >= 0.3 is 5.97 Å². The zero-order chi connectivity index (χ0) is 22.0. The van der Waals surface area contributed by atoms with Crippen LogP contribution in [0, 0.1) is 0 Å². The molecule has 7 nitrogen and oxygen atoms in total. The van der Waals surface area contributed by atoms with Gasteiger partial charge in [0, 0.05) is 32.3 Å². The molecule has 0 aliphatic carbocycles. The lowest BCUT2D eigenvalue weighted by Crippen LogP contribution is -2.35. The third kappa shape index (κ3) is 7.47. The second-order valence-corrected chi connectivity index (χ2v) is 8.40. The first kappa shape index (κ1) is 24.6. The largest absolute Gasteiger partial charge is 0.452 e. The standard InChI is InChI=1S/C21H30N2O5S/c1-6-22(15-17(4)5)20(24)16-28-21(25)14-11-18-9-12-19(13-10-18)29(26,27)23(7-2)8-3/h9-14H,4,6-8,15-16H2,1-3,5H3/b14-11+. The third-order valence-electron chi connectivity index (χ3n) is 4.17. The molecule has 0 saturated carbocycles. The molecule has 1 aromatic rings. The number of hydrogen-bond acceptors (Lipinski definition) is 5. The predicted octanol–water partition coefficient (Wildman–Crippen LogP) is 2.70. The van der Waals surface area contributed by atoms with Crippen LogP contribution in [0.25, 0.3) is 6.08 Å². The molecule has 1 rings (SSSR count). The Labute approximate surface area is 173 Å². The van der Waals surface area contributed by atoms with Gasteiger partial charge < -0.3 is 9.64 Å². The number of ether oxygens (including phenoxy) is 1.